The van der Waals surface area contributed by atoms with Crippen molar-refractivity contribution in [3.63, 3.8) is 0 Å². The SMILES string of the molecule is O=C(CCC(=O)N1CC[NH2+]CC1)CN1CC[NH2+]CC1.[Cl-].[Cl-]. The van der Waals surface area contributed by atoms with Crippen molar-refractivity contribution in [2.24, 2.45) is 0 Å². The minimum absolute atomic E-state index is 0. The molecule has 21 heavy (non-hydrogen) atoms. The van der Waals surface area contributed by atoms with Crippen LogP contribution in [0.1, 0.15) is 12.8 Å². The molecule has 2 aliphatic heterocycles. The number of amides is 1. The lowest BCUT2D eigenvalue weighted by molar-refractivity contribution is -0.663. The molecule has 0 saturated carbocycles. The number of Topliss-reactive ketones (excluding diaryl/α,β-unsaturated/α-hetero) is 1. The van der Waals surface area contributed by atoms with Crippen LogP contribution in [0.25, 0.3) is 0 Å². The second-order valence-electron chi connectivity index (χ2n) is 5.43. The number of quaternary nitrogens is 2. The molecular formula is C13H26Cl2N4O2. The predicted molar refractivity (Wildman–Crippen MR) is 70.6 cm³/mol. The summed E-state index contributed by atoms with van der Waals surface area (Å²) in [5, 5.41) is 4.50. The van der Waals surface area contributed by atoms with Crippen molar-refractivity contribution in [2.75, 3.05) is 58.9 Å². The van der Waals surface area contributed by atoms with Gasteiger partial charge < -0.3 is 40.3 Å². The molecule has 0 atom stereocenters. The molecule has 4 N–H and O–H groups in total. The molecule has 0 radical (unpaired) electrons. The molecule has 0 aromatic heterocycles. The van der Waals surface area contributed by atoms with Gasteiger partial charge in [0.2, 0.25) is 5.91 Å². The Morgan fingerprint density at radius 1 is 0.810 bits per heavy atom. The van der Waals surface area contributed by atoms with E-state index >= 15 is 0 Å². The first-order valence-electron chi connectivity index (χ1n) is 7.41. The fraction of sp³-hybridized carbons (Fsp3) is 0.846. The van der Waals surface area contributed by atoms with Gasteiger partial charge in [-0.05, 0) is 0 Å². The molecule has 0 unspecified atom stereocenters. The molecule has 6 nitrogen and oxygen atoms in total. The third kappa shape index (κ3) is 7.42. The summed E-state index contributed by atoms with van der Waals surface area (Å²) in [4.78, 5) is 27.9. The van der Waals surface area contributed by atoms with Gasteiger partial charge in [0.1, 0.15) is 5.78 Å². The molecule has 124 valence electrons. The van der Waals surface area contributed by atoms with E-state index in [4.69, 9.17) is 0 Å². The first-order chi connectivity index (χ1) is 9.25. The van der Waals surface area contributed by atoms with Crippen LogP contribution in [-0.2, 0) is 9.59 Å². The third-order valence-corrected chi connectivity index (χ3v) is 3.88. The summed E-state index contributed by atoms with van der Waals surface area (Å²) >= 11 is 0. The molecule has 2 rings (SSSR count). The number of carbonyl (C=O) groups is 2. The van der Waals surface area contributed by atoms with Crippen LogP contribution in [0.2, 0.25) is 0 Å². The van der Waals surface area contributed by atoms with Crippen molar-refractivity contribution in [1.82, 2.24) is 9.80 Å². The highest BCUT2D eigenvalue weighted by Gasteiger charge is 2.20. The van der Waals surface area contributed by atoms with Crippen molar-refractivity contribution in [3.8, 4) is 0 Å². The standard InChI is InChI=1S/C13H24N4O2.2ClH/c18-12(11-16-7-3-14-4-8-16)1-2-13(19)17-9-5-15-6-10-17;;/h14-15H,1-11H2;2*1H. The number of hydrogen-bond acceptors (Lipinski definition) is 3. The van der Waals surface area contributed by atoms with Crippen molar-refractivity contribution in [1.29, 1.82) is 0 Å². The van der Waals surface area contributed by atoms with E-state index < -0.39 is 0 Å². The van der Waals surface area contributed by atoms with Crippen molar-refractivity contribution in [3.05, 3.63) is 0 Å². The lowest BCUT2D eigenvalue weighted by Gasteiger charge is -2.26. The van der Waals surface area contributed by atoms with Gasteiger partial charge in [-0.25, -0.2) is 0 Å². The Bertz CT molecular complexity index is 319. The van der Waals surface area contributed by atoms with Crippen LogP contribution in [0.4, 0.5) is 0 Å². The third-order valence-electron chi connectivity index (χ3n) is 3.88. The highest BCUT2D eigenvalue weighted by Crippen LogP contribution is 2.01. The minimum atomic E-state index is 0. The van der Waals surface area contributed by atoms with E-state index in [2.05, 4.69) is 15.5 Å². The Kier molecular flexibility index (Phi) is 11.0. The van der Waals surface area contributed by atoms with Crippen LogP contribution in [0.5, 0.6) is 0 Å². The molecule has 8 heteroatoms. The summed E-state index contributed by atoms with van der Waals surface area (Å²) < 4.78 is 0. The summed E-state index contributed by atoms with van der Waals surface area (Å²) in [6.07, 6.45) is 0.790. The van der Waals surface area contributed by atoms with Crippen LogP contribution in [-0.4, -0.2) is 80.4 Å². The molecule has 0 aliphatic carbocycles. The maximum Gasteiger partial charge on any atom is 0.223 e. The van der Waals surface area contributed by atoms with Crippen LogP contribution in [0.3, 0.4) is 0 Å². The number of nitrogens with zero attached hydrogens (tertiary/aromatic N) is 2. The van der Waals surface area contributed by atoms with Crippen LogP contribution in [0.15, 0.2) is 0 Å². The van der Waals surface area contributed by atoms with E-state index in [1.807, 2.05) is 4.90 Å². The lowest BCUT2D eigenvalue weighted by atomic mass is 10.1. The zero-order valence-electron chi connectivity index (χ0n) is 12.4. The number of carbonyl (C=O) groups excluding carboxylic acids is 2. The average molecular weight is 341 g/mol. The highest BCUT2D eigenvalue weighted by atomic mass is 35.5. The summed E-state index contributed by atoms with van der Waals surface area (Å²) in [5.41, 5.74) is 0. The summed E-state index contributed by atoms with van der Waals surface area (Å²) in [7, 11) is 0. The van der Waals surface area contributed by atoms with Crippen molar-refractivity contribution >= 4 is 11.7 Å². The minimum Gasteiger partial charge on any atom is -1.00 e. The van der Waals surface area contributed by atoms with Gasteiger partial charge in [-0.1, -0.05) is 0 Å². The summed E-state index contributed by atoms with van der Waals surface area (Å²) in [5.74, 6) is 0.354. The van der Waals surface area contributed by atoms with E-state index in [1.165, 1.54) is 0 Å². The first-order valence-corrected chi connectivity index (χ1v) is 7.41. The van der Waals surface area contributed by atoms with Gasteiger partial charge in [-0.15, -0.1) is 0 Å². The van der Waals surface area contributed by atoms with E-state index in [0.717, 1.165) is 52.4 Å². The molecule has 0 spiro atoms. The van der Waals surface area contributed by atoms with Gasteiger partial charge in [0.05, 0.1) is 45.8 Å². The predicted octanol–water partition coefficient (Wildman–Crippen LogP) is -9.37. The quantitative estimate of drug-likeness (QED) is 0.522. The monoisotopic (exact) mass is 340 g/mol. The van der Waals surface area contributed by atoms with Crippen LogP contribution in [0, 0.1) is 0 Å². The van der Waals surface area contributed by atoms with E-state index in [-0.39, 0.29) is 36.5 Å². The Morgan fingerprint density at radius 3 is 1.90 bits per heavy atom. The van der Waals surface area contributed by atoms with E-state index in [0.29, 0.717) is 19.4 Å². The molecule has 2 heterocycles. The molecule has 0 aromatic rings. The largest absolute Gasteiger partial charge is 1.00 e. The topological polar surface area (TPSA) is 73.8 Å². The number of hydrogen-bond donors (Lipinski definition) is 2. The van der Waals surface area contributed by atoms with Gasteiger partial charge in [0.25, 0.3) is 0 Å². The normalized spacial score (nSPS) is 19.3. The first kappa shape index (κ1) is 20.6. The molecule has 2 aliphatic rings. The van der Waals surface area contributed by atoms with Gasteiger partial charge in [-0.2, -0.15) is 0 Å². The number of rotatable bonds is 5. The number of nitrogens with two attached hydrogens (primary N) is 2. The van der Waals surface area contributed by atoms with Crippen LogP contribution < -0.4 is 35.4 Å². The highest BCUT2D eigenvalue weighted by molar-refractivity contribution is 5.86. The Labute approximate surface area is 138 Å². The number of halogens is 2. The smallest absolute Gasteiger partial charge is 0.223 e. The van der Waals surface area contributed by atoms with E-state index in [9.17, 15) is 9.59 Å². The second kappa shape index (κ2) is 11.2. The average Bonchev–Trinajstić information content (AvgIpc) is 2.47. The number of piperazine rings is 2. The summed E-state index contributed by atoms with van der Waals surface area (Å²) in [6, 6.07) is 0. The van der Waals surface area contributed by atoms with Crippen molar-refractivity contribution in [2.45, 2.75) is 12.8 Å². The molecular weight excluding hydrogens is 315 g/mol. The van der Waals surface area contributed by atoms with Gasteiger partial charge in [0.15, 0.2) is 0 Å². The lowest BCUT2D eigenvalue weighted by Crippen LogP contribution is -3.00. The molecule has 0 aromatic carbocycles. The van der Waals surface area contributed by atoms with Gasteiger partial charge in [-0.3, -0.25) is 14.5 Å². The molecule has 2 fully saturated rings. The van der Waals surface area contributed by atoms with Crippen LogP contribution >= 0.6 is 0 Å². The molecule has 2 saturated heterocycles. The Morgan fingerprint density at radius 2 is 1.33 bits per heavy atom. The number of ketones is 1. The zero-order chi connectivity index (χ0) is 13.5. The van der Waals surface area contributed by atoms with E-state index in [1.54, 1.807) is 0 Å². The Hall–Kier alpha value is -0.400. The Balaban J connectivity index is 0.00000200. The second-order valence-corrected chi connectivity index (χ2v) is 5.43. The van der Waals surface area contributed by atoms with Crippen molar-refractivity contribution < 1.29 is 45.0 Å². The fourth-order valence-corrected chi connectivity index (χ4v) is 2.69. The molecule has 0 bridgehead atoms. The fourth-order valence-electron chi connectivity index (χ4n) is 2.69. The van der Waals surface area contributed by atoms with Gasteiger partial charge >= 0.3 is 0 Å². The summed E-state index contributed by atoms with van der Waals surface area (Å²) in [6.45, 7) is 8.29. The van der Waals surface area contributed by atoms with Gasteiger partial charge in [0, 0.05) is 25.9 Å². The molecule has 1 amide bonds. The zero-order valence-corrected chi connectivity index (χ0v) is 13.9. The maximum absolute atomic E-state index is 11.9. The maximum atomic E-state index is 11.9.